The first-order valence-electron chi connectivity index (χ1n) is 14.9. The molecule has 4 rings (SSSR count). The number of phenols is 1. The summed E-state index contributed by atoms with van der Waals surface area (Å²) in [7, 11) is 0.510. The molecule has 0 bridgehead atoms. The number of amides is 2. The van der Waals surface area contributed by atoms with Gasteiger partial charge in [0.25, 0.3) is 0 Å². The zero-order valence-electron chi connectivity index (χ0n) is 24.4. The Balaban J connectivity index is 1.53. The maximum Gasteiger partial charge on any atom is 0.455 e. The first-order valence-corrected chi connectivity index (χ1v) is 14.9. The highest BCUT2D eigenvalue weighted by molar-refractivity contribution is 6.43. The molecule has 2 saturated heterocycles. The Kier molecular flexibility index (Phi) is 11.0. The topological polar surface area (TPSA) is 134 Å². The number of allylic oxidation sites excluding steroid dienone is 1. The Morgan fingerprint density at radius 3 is 2.64 bits per heavy atom. The Morgan fingerprint density at radius 1 is 1.17 bits per heavy atom. The van der Waals surface area contributed by atoms with Gasteiger partial charge in [0.1, 0.15) is 0 Å². The molecule has 3 aliphatic rings. The van der Waals surface area contributed by atoms with Gasteiger partial charge in [-0.1, -0.05) is 37.5 Å². The number of benzene rings is 1. The fourth-order valence-corrected chi connectivity index (χ4v) is 6.83. The number of carboxylic acids is 1. The minimum atomic E-state index is -1.08. The van der Waals surface area contributed by atoms with Crippen LogP contribution in [-0.4, -0.2) is 71.4 Å². The number of hydrogen-bond acceptors (Lipinski definition) is 7. The van der Waals surface area contributed by atoms with Crippen molar-refractivity contribution in [1.29, 1.82) is 0 Å². The summed E-state index contributed by atoms with van der Waals surface area (Å²) in [6, 6.07) is 4.28. The van der Waals surface area contributed by atoms with Crippen molar-refractivity contribution in [3.63, 3.8) is 0 Å². The number of aromatic hydroxyl groups is 1. The minimum Gasteiger partial charge on any atom is -0.505 e. The van der Waals surface area contributed by atoms with Gasteiger partial charge in [-0.05, 0) is 79.6 Å². The molecule has 2 fully saturated rings. The third-order valence-corrected chi connectivity index (χ3v) is 8.63. The van der Waals surface area contributed by atoms with Gasteiger partial charge in [0.15, 0.2) is 11.6 Å². The molecule has 1 aromatic rings. The van der Waals surface area contributed by atoms with Gasteiger partial charge in [-0.2, -0.15) is 0 Å². The van der Waals surface area contributed by atoms with Crippen molar-refractivity contribution < 1.29 is 43.4 Å². The minimum absolute atomic E-state index is 0.0587. The van der Waals surface area contributed by atoms with Gasteiger partial charge in [0.2, 0.25) is 11.8 Å². The first kappa shape index (κ1) is 31.9. The van der Waals surface area contributed by atoms with Crippen LogP contribution >= 0.6 is 0 Å². The van der Waals surface area contributed by atoms with Crippen molar-refractivity contribution in [2.75, 3.05) is 20.3 Å². The summed E-state index contributed by atoms with van der Waals surface area (Å²) >= 11 is 0. The fraction of sp³-hybridized carbons (Fsp3) is 0.581. The van der Waals surface area contributed by atoms with E-state index in [1.807, 2.05) is 6.08 Å². The van der Waals surface area contributed by atoms with E-state index in [0.29, 0.717) is 50.7 Å². The molecular formula is C31H41BFNO8. The van der Waals surface area contributed by atoms with Crippen molar-refractivity contribution in [3.05, 3.63) is 46.3 Å². The highest BCUT2D eigenvalue weighted by Crippen LogP contribution is 2.50. The molecule has 0 saturated carbocycles. The van der Waals surface area contributed by atoms with Crippen LogP contribution in [0, 0.1) is 23.6 Å². The van der Waals surface area contributed by atoms with E-state index in [1.165, 1.54) is 17.0 Å². The van der Waals surface area contributed by atoms with E-state index >= 15 is 0 Å². The maximum atomic E-state index is 13.9. The number of fused-ring (bicyclic) bond motifs is 3. The smallest absolute Gasteiger partial charge is 0.455 e. The molecule has 2 aliphatic heterocycles. The standard InChI is InChI=1S/C31H41BFNO8/c1-3-7-19(14-20-9-11-25(35)24(33)15-20)10-12-26-28-21(18-41-2)16-22-29(23(28)17-32(40)42-26)31(39)34(30(22)38)13-6-4-5-8-27(36)37/h9,11,14-15,22-23,26,29,35,40H,3-8,10,12-13,16-18H2,1-2H3,(H,36,37)/b19-14+/t22-,23+,26-,29-/m1/s1. The molecule has 2 heterocycles. The zero-order chi connectivity index (χ0) is 30.4. The molecule has 0 aromatic heterocycles. The number of nitrogens with zero attached hydrogens (tertiary/aromatic N) is 1. The van der Waals surface area contributed by atoms with Crippen molar-refractivity contribution in [3.8, 4) is 5.75 Å². The normalized spacial score (nSPS) is 24.3. The van der Waals surface area contributed by atoms with Crippen LogP contribution in [0.2, 0.25) is 6.32 Å². The number of hydrogen-bond donors (Lipinski definition) is 3. The molecular weight excluding hydrogens is 544 g/mol. The van der Waals surface area contributed by atoms with E-state index in [0.717, 1.165) is 29.6 Å². The quantitative estimate of drug-likeness (QED) is 0.125. The SMILES string of the molecule is CCC/C(=C\c1ccc(O)c(F)c1)CC[C@H]1OB(O)C[C@H]2C1=C(COC)C[C@H]1C(=O)N(CCCCCC(=O)O)C(=O)[C@H]12. The van der Waals surface area contributed by atoms with Crippen molar-refractivity contribution in [2.24, 2.45) is 17.8 Å². The van der Waals surface area contributed by atoms with E-state index in [-0.39, 0.29) is 37.0 Å². The molecule has 2 amide bonds. The number of ether oxygens (including phenoxy) is 1. The van der Waals surface area contributed by atoms with Crippen LogP contribution in [0.25, 0.3) is 6.08 Å². The second-order valence-electron chi connectivity index (χ2n) is 11.6. The summed E-state index contributed by atoms with van der Waals surface area (Å²) < 4.78 is 25.5. The van der Waals surface area contributed by atoms with Crippen LogP contribution in [0.3, 0.4) is 0 Å². The molecule has 0 unspecified atom stereocenters. The van der Waals surface area contributed by atoms with E-state index in [9.17, 15) is 28.9 Å². The first-order chi connectivity index (χ1) is 20.1. The Morgan fingerprint density at radius 2 is 1.95 bits per heavy atom. The van der Waals surface area contributed by atoms with Crippen LogP contribution in [0.4, 0.5) is 4.39 Å². The zero-order valence-corrected chi connectivity index (χ0v) is 24.4. The number of carbonyl (C=O) groups is 3. The van der Waals surface area contributed by atoms with Gasteiger partial charge in [-0.3, -0.25) is 19.3 Å². The number of unbranched alkanes of at least 4 members (excludes halogenated alkanes) is 2. The van der Waals surface area contributed by atoms with Gasteiger partial charge in [-0.15, -0.1) is 0 Å². The average molecular weight is 585 g/mol. The molecule has 0 spiro atoms. The molecule has 42 heavy (non-hydrogen) atoms. The van der Waals surface area contributed by atoms with Crippen LogP contribution in [0.5, 0.6) is 5.75 Å². The predicted octanol–water partition coefficient (Wildman–Crippen LogP) is 4.58. The molecule has 4 atom stereocenters. The Hall–Kier alpha value is -3.02. The highest BCUT2D eigenvalue weighted by Gasteiger charge is 2.57. The van der Waals surface area contributed by atoms with Gasteiger partial charge in [0.05, 0.1) is 24.5 Å². The lowest BCUT2D eigenvalue weighted by Gasteiger charge is -2.43. The predicted molar refractivity (Wildman–Crippen MR) is 155 cm³/mol. The largest absolute Gasteiger partial charge is 0.505 e. The summed E-state index contributed by atoms with van der Waals surface area (Å²) in [6.07, 6.45) is 6.59. The molecule has 11 heteroatoms. The number of rotatable bonds is 14. The summed E-state index contributed by atoms with van der Waals surface area (Å²) in [5, 5.41) is 29.2. The van der Waals surface area contributed by atoms with E-state index in [4.69, 9.17) is 14.5 Å². The Labute approximate surface area is 246 Å². The summed E-state index contributed by atoms with van der Waals surface area (Å²) in [5.41, 5.74) is 3.60. The molecule has 3 N–H and O–H groups in total. The number of halogens is 1. The molecule has 1 aromatic carbocycles. The van der Waals surface area contributed by atoms with Crippen LogP contribution in [-0.2, 0) is 23.8 Å². The second-order valence-corrected chi connectivity index (χ2v) is 11.6. The van der Waals surface area contributed by atoms with Gasteiger partial charge >= 0.3 is 13.1 Å². The molecule has 0 radical (unpaired) electrons. The maximum absolute atomic E-state index is 13.9. The number of carbonyl (C=O) groups excluding carboxylic acids is 2. The van der Waals surface area contributed by atoms with Crippen LogP contribution in [0.1, 0.15) is 70.3 Å². The second kappa shape index (κ2) is 14.4. The fourth-order valence-electron chi connectivity index (χ4n) is 6.83. The number of aliphatic carboxylic acids is 1. The van der Waals surface area contributed by atoms with E-state index < -0.39 is 42.6 Å². The number of imide groups is 1. The number of phenolic OH excluding ortho intramolecular Hbond substituents is 1. The number of likely N-dealkylation sites (tertiary alicyclic amines) is 1. The van der Waals surface area contributed by atoms with Crippen molar-refractivity contribution >= 4 is 31.0 Å². The average Bonchev–Trinajstić information content (AvgIpc) is 3.17. The third-order valence-electron chi connectivity index (χ3n) is 8.63. The summed E-state index contributed by atoms with van der Waals surface area (Å²) in [5.74, 6) is -3.81. The van der Waals surface area contributed by atoms with Gasteiger partial charge < -0.3 is 24.6 Å². The van der Waals surface area contributed by atoms with E-state index in [2.05, 4.69) is 6.92 Å². The lowest BCUT2D eigenvalue weighted by molar-refractivity contribution is -0.141. The van der Waals surface area contributed by atoms with Crippen LogP contribution < -0.4 is 0 Å². The number of methoxy groups -OCH3 is 1. The lowest BCUT2D eigenvalue weighted by atomic mass is 9.58. The summed E-state index contributed by atoms with van der Waals surface area (Å²) in [4.78, 5) is 39.2. The van der Waals surface area contributed by atoms with E-state index in [1.54, 1.807) is 13.2 Å². The highest BCUT2D eigenvalue weighted by atomic mass is 19.1. The third kappa shape index (κ3) is 7.30. The Bertz CT molecular complexity index is 1230. The van der Waals surface area contributed by atoms with Gasteiger partial charge in [0, 0.05) is 20.1 Å². The van der Waals surface area contributed by atoms with Crippen molar-refractivity contribution in [1.82, 2.24) is 4.90 Å². The molecule has 1 aliphatic carbocycles. The summed E-state index contributed by atoms with van der Waals surface area (Å²) in [6.45, 7) is 2.62. The van der Waals surface area contributed by atoms with Gasteiger partial charge in [-0.25, -0.2) is 4.39 Å². The van der Waals surface area contributed by atoms with Crippen LogP contribution in [0.15, 0.2) is 34.9 Å². The van der Waals surface area contributed by atoms with Crippen molar-refractivity contribution in [2.45, 2.75) is 77.1 Å². The molecule has 228 valence electrons. The number of carboxylic acid groups (broad SMARTS) is 1. The molecule has 9 nitrogen and oxygen atoms in total. The lowest BCUT2D eigenvalue weighted by Crippen LogP contribution is -2.46. The monoisotopic (exact) mass is 585 g/mol.